The van der Waals surface area contributed by atoms with Gasteiger partial charge in [-0.1, -0.05) is 11.8 Å². The van der Waals surface area contributed by atoms with Gasteiger partial charge in [-0.05, 0) is 54.6 Å². The van der Waals surface area contributed by atoms with Gasteiger partial charge in [0.25, 0.3) is 0 Å². The molecular formula is C24H25FN4O4S. The Balaban J connectivity index is 1.87. The van der Waals surface area contributed by atoms with Crippen LogP contribution in [0.4, 0.5) is 10.2 Å². The maximum atomic E-state index is 13.7. The molecule has 3 aromatic rings. The van der Waals surface area contributed by atoms with Crippen molar-refractivity contribution in [3.63, 3.8) is 0 Å². The van der Waals surface area contributed by atoms with Crippen LogP contribution in [-0.2, 0) is 20.8 Å². The molecule has 0 unspecified atom stereocenters. The van der Waals surface area contributed by atoms with E-state index >= 15 is 0 Å². The van der Waals surface area contributed by atoms with Crippen molar-refractivity contribution in [2.45, 2.75) is 36.9 Å². The van der Waals surface area contributed by atoms with Crippen LogP contribution in [0.1, 0.15) is 12.8 Å². The van der Waals surface area contributed by atoms with E-state index in [0.29, 0.717) is 23.4 Å². The first-order chi connectivity index (χ1) is 16.5. The zero-order valence-corrected chi connectivity index (χ0v) is 19.6. The summed E-state index contributed by atoms with van der Waals surface area (Å²) < 4.78 is 26.5. The highest BCUT2D eigenvalue weighted by atomic mass is 32.2. The molecule has 2 N–H and O–H groups in total. The smallest absolute Gasteiger partial charge is 0.328 e. The number of pyridine rings is 1. The summed E-state index contributed by atoms with van der Waals surface area (Å²) in [5.41, 5.74) is 2.96. The second-order valence-electron chi connectivity index (χ2n) is 7.72. The number of methoxy groups -OCH3 is 2. The number of benzene rings is 1. The van der Waals surface area contributed by atoms with Gasteiger partial charge >= 0.3 is 5.97 Å². The van der Waals surface area contributed by atoms with Crippen molar-refractivity contribution in [3.8, 4) is 22.5 Å². The van der Waals surface area contributed by atoms with Crippen molar-refractivity contribution < 1.29 is 23.8 Å². The van der Waals surface area contributed by atoms with Gasteiger partial charge in [0.15, 0.2) is 11.4 Å². The molecule has 2 aromatic heterocycles. The number of thioether (sulfide) groups is 1. The predicted octanol–water partition coefficient (Wildman–Crippen LogP) is 4.63. The summed E-state index contributed by atoms with van der Waals surface area (Å²) in [4.78, 5) is 20.3. The number of carbonyl (C=O) groups is 1. The third kappa shape index (κ3) is 5.82. The molecule has 34 heavy (non-hydrogen) atoms. The number of ether oxygens (including phenoxy) is 2. The summed E-state index contributed by atoms with van der Waals surface area (Å²) in [5, 5.41) is 14.4. The minimum absolute atomic E-state index is 0.299. The largest absolute Gasteiger partial charge is 0.478 e. The third-order valence-corrected chi connectivity index (χ3v) is 6.05. The number of aliphatic carboxylic acids is 1. The Morgan fingerprint density at radius 1 is 1.26 bits per heavy atom. The number of rotatable bonds is 11. The zero-order valence-electron chi connectivity index (χ0n) is 18.8. The van der Waals surface area contributed by atoms with Gasteiger partial charge in [0.2, 0.25) is 0 Å². The molecule has 0 bridgehead atoms. The average Bonchev–Trinajstić information content (AvgIpc) is 3.57. The first kappa shape index (κ1) is 23.9. The maximum absolute atomic E-state index is 13.7. The third-order valence-electron chi connectivity index (χ3n) is 5.25. The number of carboxylic acids is 1. The zero-order chi connectivity index (χ0) is 24.1. The first-order valence-electron chi connectivity index (χ1n) is 10.7. The lowest BCUT2D eigenvalue weighted by atomic mass is 10.1. The highest BCUT2D eigenvalue weighted by molar-refractivity contribution is 8.02. The molecule has 0 amide bonds. The molecule has 1 aromatic carbocycles. The molecule has 8 nitrogen and oxygen atoms in total. The summed E-state index contributed by atoms with van der Waals surface area (Å²) >= 11 is 1.16. The minimum Gasteiger partial charge on any atom is -0.478 e. The summed E-state index contributed by atoms with van der Waals surface area (Å²) in [6.45, 7) is 0.299. The Hall–Kier alpha value is -3.21. The van der Waals surface area contributed by atoms with E-state index in [4.69, 9.17) is 19.6 Å². The van der Waals surface area contributed by atoms with Crippen molar-refractivity contribution in [1.82, 2.24) is 14.5 Å². The van der Waals surface area contributed by atoms with E-state index < -0.39 is 12.3 Å². The van der Waals surface area contributed by atoms with E-state index in [1.165, 1.54) is 17.5 Å². The van der Waals surface area contributed by atoms with Gasteiger partial charge in [-0.2, -0.15) is 0 Å². The Labute approximate surface area is 200 Å². The number of halogens is 1. The molecule has 0 saturated heterocycles. The van der Waals surface area contributed by atoms with E-state index in [9.17, 15) is 9.18 Å². The molecule has 0 aliphatic heterocycles. The standard InChI is InChI=1S/C24H25FN4O4S/c1-32-21(33-2)14-29-23(16-9-11-26-19(13-16)27-18-7-8-18)22(15-3-5-17(25)6-4-15)28-24(29)34-12-10-20(30)31/h3-6,9-13,18,21H,7-8,14H2,1-2H3,(H,26,27)(H,30,31)/b12-10-. The van der Waals surface area contributed by atoms with Crippen LogP contribution in [0, 0.1) is 5.82 Å². The highest BCUT2D eigenvalue weighted by Crippen LogP contribution is 2.37. The van der Waals surface area contributed by atoms with Crippen molar-refractivity contribution in [2.75, 3.05) is 19.5 Å². The second-order valence-corrected chi connectivity index (χ2v) is 8.59. The van der Waals surface area contributed by atoms with Gasteiger partial charge < -0.3 is 24.5 Å². The molecule has 4 rings (SSSR count). The molecule has 10 heteroatoms. The molecule has 2 heterocycles. The van der Waals surface area contributed by atoms with Crippen molar-refractivity contribution in [2.24, 2.45) is 0 Å². The van der Waals surface area contributed by atoms with Crippen LogP contribution in [0.25, 0.3) is 22.5 Å². The number of hydrogen-bond acceptors (Lipinski definition) is 7. The maximum Gasteiger partial charge on any atom is 0.328 e. The molecular weight excluding hydrogens is 459 g/mol. The Kier molecular flexibility index (Phi) is 7.61. The van der Waals surface area contributed by atoms with Crippen molar-refractivity contribution in [3.05, 3.63) is 59.9 Å². The molecule has 0 radical (unpaired) electrons. The minimum atomic E-state index is -1.05. The quantitative estimate of drug-likeness (QED) is 0.231. The highest BCUT2D eigenvalue weighted by Gasteiger charge is 2.25. The molecule has 1 fully saturated rings. The fourth-order valence-corrected chi connectivity index (χ4v) is 4.18. The Morgan fingerprint density at radius 3 is 2.65 bits per heavy atom. The topological polar surface area (TPSA) is 98.5 Å². The molecule has 0 spiro atoms. The average molecular weight is 485 g/mol. The summed E-state index contributed by atoms with van der Waals surface area (Å²) in [6, 6.07) is 10.4. The van der Waals surface area contributed by atoms with Gasteiger partial charge in [-0.25, -0.2) is 19.2 Å². The van der Waals surface area contributed by atoms with Gasteiger partial charge in [-0.3, -0.25) is 0 Å². The normalized spacial score (nSPS) is 13.6. The Bertz CT molecular complexity index is 1170. The Morgan fingerprint density at radius 2 is 2.00 bits per heavy atom. The number of imidazole rings is 1. The van der Waals surface area contributed by atoms with Crippen LogP contribution in [0.2, 0.25) is 0 Å². The number of nitrogens with zero attached hydrogens (tertiary/aromatic N) is 3. The lowest BCUT2D eigenvalue weighted by Gasteiger charge is -2.18. The van der Waals surface area contributed by atoms with Crippen molar-refractivity contribution in [1.29, 1.82) is 0 Å². The number of hydrogen-bond donors (Lipinski definition) is 2. The van der Waals surface area contributed by atoms with Crippen LogP contribution in [-0.4, -0.2) is 52.2 Å². The molecule has 0 atom stereocenters. The van der Waals surface area contributed by atoms with Crippen LogP contribution < -0.4 is 5.32 Å². The lowest BCUT2D eigenvalue weighted by molar-refractivity contribution is -0.131. The van der Waals surface area contributed by atoms with E-state index in [-0.39, 0.29) is 5.82 Å². The lowest BCUT2D eigenvalue weighted by Crippen LogP contribution is -2.21. The van der Waals surface area contributed by atoms with Crippen LogP contribution in [0.3, 0.4) is 0 Å². The molecule has 1 aliphatic carbocycles. The number of carboxylic acid groups (broad SMARTS) is 1. The summed E-state index contributed by atoms with van der Waals surface area (Å²) in [7, 11) is 3.10. The van der Waals surface area contributed by atoms with E-state index in [2.05, 4.69) is 10.3 Å². The fourth-order valence-electron chi connectivity index (χ4n) is 3.43. The predicted molar refractivity (Wildman–Crippen MR) is 128 cm³/mol. The van der Waals surface area contributed by atoms with Gasteiger partial charge in [0.1, 0.15) is 11.6 Å². The van der Waals surface area contributed by atoms with E-state index in [1.54, 1.807) is 32.5 Å². The van der Waals surface area contributed by atoms with Gasteiger partial charge in [0.05, 0.1) is 17.9 Å². The number of anilines is 1. The fraction of sp³-hybridized carbons (Fsp3) is 0.292. The van der Waals surface area contributed by atoms with E-state index in [0.717, 1.165) is 53.3 Å². The molecule has 1 aliphatic rings. The van der Waals surface area contributed by atoms with Crippen LogP contribution in [0.5, 0.6) is 0 Å². The second kappa shape index (κ2) is 10.8. The molecule has 178 valence electrons. The summed E-state index contributed by atoms with van der Waals surface area (Å²) in [5.74, 6) is -0.642. The van der Waals surface area contributed by atoms with Crippen LogP contribution in [0.15, 0.2) is 59.2 Å². The van der Waals surface area contributed by atoms with Crippen molar-refractivity contribution >= 4 is 23.5 Å². The van der Waals surface area contributed by atoms with Gasteiger partial charge in [0, 0.05) is 43.7 Å². The SMILES string of the molecule is COC(Cn1c(S/C=C\C(=O)O)nc(-c2ccc(F)cc2)c1-c1ccnc(NC2CC2)c1)OC. The molecule has 1 saturated carbocycles. The van der Waals surface area contributed by atoms with Crippen LogP contribution >= 0.6 is 11.8 Å². The van der Waals surface area contributed by atoms with Gasteiger partial charge in [-0.15, -0.1) is 0 Å². The number of nitrogens with one attached hydrogen (secondary N) is 1. The first-order valence-corrected chi connectivity index (χ1v) is 11.6. The number of aromatic nitrogens is 3. The van der Waals surface area contributed by atoms with E-state index in [1.807, 2.05) is 16.7 Å². The monoisotopic (exact) mass is 484 g/mol. The summed E-state index contributed by atoms with van der Waals surface area (Å²) in [6.07, 6.45) is 4.44.